The Morgan fingerprint density at radius 3 is 2.78 bits per heavy atom. The van der Waals surface area contributed by atoms with Crippen molar-refractivity contribution in [2.45, 2.75) is 26.1 Å². The topological polar surface area (TPSA) is 90.2 Å². The van der Waals surface area contributed by atoms with Crippen molar-refractivity contribution < 1.29 is 24.2 Å². The number of rotatable bonds is 6. The largest absolute Gasteiger partial charge is 0.489 e. The maximum absolute atomic E-state index is 11.4. The van der Waals surface area contributed by atoms with E-state index < -0.39 is 11.9 Å². The number of fused-ring (bicyclic) bond motifs is 1. The lowest BCUT2D eigenvalue weighted by atomic mass is 9.87. The van der Waals surface area contributed by atoms with Crippen molar-refractivity contribution in [3.05, 3.63) is 71.4 Å². The zero-order chi connectivity index (χ0) is 22.1. The van der Waals surface area contributed by atoms with Gasteiger partial charge in [0, 0.05) is 29.0 Å². The fourth-order valence-corrected chi connectivity index (χ4v) is 4.41. The number of carboxylic acids is 1. The van der Waals surface area contributed by atoms with Crippen molar-refractivity contribution in [3.63, 3.8) is 0 Å². The number of aryl methyl sites for hydroxylation is 1. The van der Waals surface area contributed by atoms with Gasteiger partial charge in [-0.15, -0.1) is 0 Å². The molecule has 164 valence electrons. The summed E-state index contributed by atoms with van der Waals surface area (Å²) in [6.45, 7) is 3.06. The third-order valence-corrected chi connectivity index (χ3v) is 6.12. The van der Waals surface area contributed by atoms with Crippen molar-refractivity contribution >= 4 is 22.6 Å². The van der Waals surface area contributed by atoms with E-state index in [4.69, 9.17) is 14.3 Å². The van der Waals surface area contributed by atoms with Crippen LogP contribution in [-0.2, 0) is 21.0 Å². The van der Waals surface area contributed by atoms with Crippen LogP contribution in [0.15, 0.2) is 59.8 Å². The summed E-state index contributed by atoms with van der Waals surface area (Å²) in [5.41, 5.74) is 4.78. The Morgan fingerprint density at radius 1 is 1.16 bits per heavy atom. The molecule has 2 aliphatic rings. The van der Waals surface area contributed by atoms with E-state index in [1.54, 1.807) is 0 Å². The number of benzene rings is 2. The molecule has 0 radical (unpaired) electrons. The highest BCUT2D eigenvalue weighted by Crippen LogP contribution is 2.32. The third kappa shape index (κ3) is 4.03. The Bertz CT molecular complexity index is 1170. The Hall–Kier alpha value is -3.45. The van der Waals surface area contributed by atoms with Crippen LogP contribution in [0.2, 0.25) is 0 Å². The Labute approximate surface area is 185 Å². The van der Waals surface area contributed by atoms with Crippen LogP contribution in [0.4, 0.5) is 0 Å². The molecule has 1 saturated heterocycles. The van der Waals surface area contributed by atoms with E-state index in [9.17, 15) is 9.90 Å². The van der Waals surface area contributed by atoms with E-state index >= 15 is 0 Å². The second-order valence-electron chi connectivity index (χ2n) is 8.28. The second kappa shape index (κ2) is 8.59. The van der Waals surface area contributed by atoms with E-state index in [0.29, 0.717) is 19.6 Å². The lowest BCUT2D eigenvalue weighted by molar-refractivity contribution is -0.144. The average molecular weight is 432 g/mol. The van der Waals surface area contributed by atoms with Crippen LogP contribution in [-0.4, -0.2) is 41.1 Å². The first kappa shape index (κ1) is 20.5. The molecule has 1 fully saturated rings. The van der Waals surface area contributed by atoms with Crippen molar-refractivity contribution in [1.82, 2.24) is 4.98 Å². The molecule has 1 aromatic heterocycles. The maximum Gasteiger partial charge on any atom is 0.309 e. The molecule has 2 aromatic carbocycles. The van der Waals surface area contributed by atoms with Crippen LogP contribution >= 0.6 is 0 Å². The normalized spacial score (nSPS) is 22.5. The van der Waals surface area contributed by atoms with Crippen LogP contribution in [0.5, 0.6) is 5.75 Å². The number of ether oxygens (including phenoxy) is 2. The average Bonchev–Trinajstić information content (AvgIpc) is 3.47. The molecule has 0 aliphatic carbocycles. The van der Waals surface area contributed by atoms with Gasteiger partial charge >= 0.3 is 5.97 Å². The summed E-state index contributed by atoms with van der Waals surface area (Å²) in [5, 5.41) is 14.7. The molecule has 1 N–H and O–H groups in total. The number of aromatic nitrogens is 1. The van der Waals surface area contributed by atoms with E-state index in [2.05, 4.69) is 22.3 Å². The first-order chi connectivity index (χ1) is 15.6. The third-order valence-electron chi connectivity index (χ3n) is 6.12. The lowest BCUT2D eigenvalue weighted by Crippen LogP contribution is -2.32. The van der Waals surface area contributed by atoms with Gasteiger partial charge in [-0.05, 0) is 48.9 Å². The summed E-state index contributed by atoms with van der Waals surface area (Å²) < 4.78 is 11.4. The van der Waals surface area contributed by atoms with Crippen LogP contribution in [0.25, 0.3) is 10.9 Å². The van der Waals surface area contributed by atoms with Crippen molar-refractivity contribution in [1.29, 1.82) is 0 Å². The standard InChI is InChI=1S/C25H24N2O5/c1-15-10-17(19-4-2-3-5-22(19)26-15)12-31-18-8-6-16(7-9-18)23-11-24(32-27-23)20-13-30-14-21(20)25(28)29/h2-10,20-21,24H,11-14H2,1H3,(H,28,29)/t20-,21+,24?/m0/s1. The highest BCUT2D eigenvalue weighted by atomic mass is 16.6. The molecule has 0 bridgehead atoms. The summed E-state index contributed by atoms with van der Waals surface area (Å²) in [6, 6.07) is 17.9. The monoisotopic (exact) mass is 432 g/mol. The van der Waals surface area contributed by atoms with Crippen LogP contribution in [0, 0.1) is 18.8 Å². The highest BCUT2D eigenvalue weighted by Gasteiger charge is 2.42. The number of carboxylic acid groups (broad SMARTS) is 1. The number of hydrogen-bond acceptors (Lipinski definition) is 6. The minimum atomic E-state index is -0.844. The van der Waals surface area contributed by atoms with E-state index in [-0.39, 0.29) is 18.6 Å². The summed E-state index contributed by atoms with van der Waals surface area (Å²) in [4.78, 5) is 21.6. The molecule has 3 atom stereocenters. The van der Waals surface area contributed by atoms with Crippen LogP contribution < -0.4 is 4.74 Å². The number of hydrogen-bond donors (Lipinski definition) is 1. The zero-order valence-electron chi connectivity index (χ0n) is 17.7. The molecule has 3 heterocycles. The van der Waals surface area contributed by atoms with Crippen LogP contribution in [0.3, 0.4) is 0 Å². The summed E-state index contributed by atoms with van der Waals surface area (Å²) in [7, 11) is 0. The van der Waals surface area contributed by atoms with Gasteiger partial charge in [0.1, 0.15) is 18.5 Å². The number of aliphatic carboxylic acids is 1. The molecule has 0 saturated carbocycles. The van der Waals surface area contributed by atoms with Gasteiger partial charge in [0.05, 0.1) is 30.4 Å². The minimum Gasteiger partial charge on any atom is -0.489 e. The van der Waals surface area contributed by atoms with Gasteiger partial charge < -0.3 is 19.4 Å². The fourth-order valence-electron chi connectivity index (χ4n) is 4.41. The Morgan fingerprint density at radius 2 is 1.97 bits per heavy atom. The smallest absolute Gasteiger partial charge is 0.309 e. The van der Waals surface area contributed by atoms with E-state index in [1.165, 1.54) is 0 Å². The Balaban J connectivity index is 1.23. The number of nitrogens with zero attached hydrogens (tertiary/aromatic N) is 2. The summed E-state index contributed by atoms with van der Waals surface area (Å²) in [6.07, 6.45) is 0.299. The van der Waals surface area contributed by atoms with Crippen molar-refractivity contribution in [3.8, 4) is 5.75 Å². The molecule has 3 aromatic rings. The lowest BCUT2D eigenvalue weighted by Gasteiger charge is -2.18. The molecule has 0 amide bonds. The van der Waals surface area contributed by atoms with Gasteiger partial charge in [-0.25, -0.2) is 0 Å². The zero-order valence-corrected chi connectivity index (χ0v) is 17.7. The molecule has 2 aliphatic heterocycles. The number of carbonyl (C=O) groups is 1. The van der Waals surface area contributed by atoms with Gasteiger partial charge in [0.2, 0.25) is 0 Å². The fraction of sp³-hybridized carbons (Fsp3) is 0.320. The van der Waals surface area contributed by atoms with Gasteiger partial charge in [-0.1, -0.05) is 23.4 Å². The molecular weight excluding hydrogens is 408 g/mol. The molecule has 7 nitrogen and oxygen atoms in total. The van der Waals surface area contributed by atoms with Gasteiger partial charge in [0.25, 0.3) is 0 Å². The first-order valence-electron chi connectivity index (χ1n) is 10.7. The Kier molecular flexibility index (Phi) is 5.49. The van der Waals surface area contributed by atoms with Crippen molar-refractivity contribution in [2.75, 3.05) is 13.2 Å². The van der Waals surface area contributed by atoms with E-state index in [1.807, 2.05) is 49.4 Å². The summed E-state index contributed by atoms with van der Waals surface area (Å²) >= 11 is 0. The first-order valence-corrected chi connectivity index (χ1v) is 10.7. The predicted octanol–water partition coefficient (Wildman–Crippen LogP) is 3.96. The molecular formula is C25H24N2O5. The molecule has 7 heteroatoms. The van der Waals surface area contributed by atoms with Gasteiger partial charge in [-0.2, -0.15) is 0 Å². The highest BCUT2D eigenvalue weighted by molar-refractivity contribution is 6.01. The molecule has 0 spiro atoms. The molecule has 5 rings (SSSR count). The maximum atomic E-state index is 11.4. The molecule has 1 unspecified atom stereocenters. The predicted molar refractivity (Wildman–Crippen MR) is 119 cm³/mol. The number of para-hydroxylation sites is 1. The number of pyridine rings is 1. The van der Waals surface area contributed by atoms with Crippen molar-refractivity contribution in [2.24, 2.45) is 17.0 Å². The van der Waals surface area contributed by atoms with Gasteiger partial charge in [0.15, 0.2) is 0 Å². The van der Waals surface area contributed by atoms with Crippen LogP contribution in [0.1, 0.15) is 23.2 Å². The minimum absolute atomic E-state index is 0.185. The summed E-state index contributed by atoms with van der Waals surface area (Å²) in [5.74, 6) is -0.810. The second-order valence-corrected chi connectivity index (χ2v) is 8.28. The van der Waals surface area contributed by atoms with Gasteiger partial charge in [-0.3, -0.25) is 9.78 Å². The molecule has 32 heavy (non-hydrogen) atoms. The SMILES string of the molecule is Cc1cc(COc2ccc(C3=NOC([C@H]4COC[C@H]4C(=O)O)C3)cc2)c2ccccc2n1. The number of oxime groups is 1. The van der Waals surface area contributed by atoms with E-state index in [0.717, 1.165) is 39.2 Å². The quantitative estimate of drug-likeness (QED) is 0.634.